The van der Waals surface area contributed by atoms with Crippen molar-refractivity contribution in [2.24, 2.45) is 0 Å². The fourth-order valence-corrected chi connectivity index (χ4v) is 2.48. The summed E-state index contributed by atoms with van der Waals surface area (Å²) in [6, 6.07) is 1.11. The maximum absolute atomic E-state index is 12.3. The number of imide groups is 1. The molecule has 0 fully saturated rings. The first-order valence-corrected chi connectivity index (χ1v) is 7.33. The number of amides is 3. The summed E-state index contributed by atoms with van der Waals surface area (Å²) in [5.74, 6) is -0.791. The minimum atomic E-state index is -0.797. The lowest BCUT2D eigenvalue weighted by atomic mass is 10.2. The molecule has 122 valence electrons. The van der Waals surface area contributed by atoms with Crippen LogP contribution in [0.1, 0.15) is 31.0 Å². The third-order valence-electron chi connectivity index (χ3n) is 3.53. The van der Waals surface area contributed by atoms with Gasteiger partial charge in [0.05, 0.1) is 0 Å². The lowest BCUT2D eigenvalue weighted by Crippen LogP contribution is -2.47. The molecule has 2 N–H and O–H groups in total. The molecular weight excluding hydrogens is 302 g/mol. The van der Waals surface area contributed by atoms with Gasteiger partial charge in [-0.2, -0.15) is 5.26 Å². The number of nitrogens with one attached hydrogen (secondary N) is 2. The van der Waals surface area contributed by atoms with Crippen molar-refractivity contribution in [3.8, 4) is 6.07 Å². The molecule has 1 aromatic heterocycles. The monoisotopic (exact) mass is 319 g/mol. The fraction of sp³-hybridized carbons (Fsp3) is 0.500. The van der Waals surface area contributed by atoms with E-state index in [2.05, 4.69) is 5.32 Å². The topological polar surface area (TPSA) is 126 Å². The molecule has 1 aromatic rings. The van der Waals surface area contributed by atoms with Crippen molar-refractivity contribution in [3.63, 3.8) is 0 Å². The van der Waals surface area contributed by atoms with Gasteiger partial charge in [-0.3, -0.25) is 19.5 Å². The number of nitriles is 1. The van der Waals surface area contributed by atoms with Crippen LogP contribution >= 0.6 is 0 Å². The van der Waals surface area contributed by atoms with E-state index in [1.807, 2.05) is 12.2 Å². The summed E-state index contributed by atoms with van der Waals surface area (Å²) < 4.78 is 2.03. The zero-order valence-electron chi connectivity index (χ0n) is 12.7. The van der Waals surface area contributed by atoms with Crippen LogP contribution < -0.4 is 21.9 Å². The van der Waals surface area contributed by atoms with Crippen molar-refractivity contribution in [3.05, 3.63) is 32.1 Å². The van der Waals surface area contributed by atoms with E-state index in [4.69, 9.17) is 5.26 Å². The van der Waals surface area contributed by atoms with Gasteiger partial charge in [-0.05, 0) is 19.3 Å². The van der Waals surface area contributed by atoms with Crippen LogP contribution in [0, 0.1) is 11.3 Å². The summed E-state index contributed by atoms with van der Waals surface area (Å²) in [6.07, 6.45) is 1.86. The first-order valence-electron chi connectivity index (χ1n) is 7.33. The van der Waals surface area contributed by atoms with Crippen LogP contribution in [0.2, 0.25) is 0 Å². The second-order valence-corrected chi connectivity index (χ2v) is 5.17. The van der Waals surface area contributed by atoms with Gasteiger partial charge in [0.15, 0.2) is 0 Å². The molecule has 0 saturated heterocycles. The largest absolute Gasteiger partial charge is 0.338 e. The molecule has 0 bridgehead atoms. The van der Waals surface area contributed by atoms with E-state index >= 15 is 0 Å². The first kappa shape index (κ1) is 16.5. The maximum atomic E-state index is 12.3. The summed E-state index contributed by atoms with van der Waals surface area (Å²) in [5, 5.41) is 13.6. The number of carbonyl (C=O) groups is 2. The quantitative estimate of drug-likeness (QED) is 0.741. The molecule has 0 atom stereocenters. The Morgan fingerprint density at radius 1 is 1.35 bits per heavy atom. The van der Waals surface area contributed by atoms with Gasteiger partial charge in [0, 0.05) is 18.8 Å². The molecule has 3 amide bonds. The highest BCUT2D eigenvalue weighted by Crippen LogP contribution is 2.12. The Morgan fingerprint density at radius 2 is 2.09 bits per heavy atom. The van der Waals surface area contributed by atoms with Crippen LogP contribution in [0.4, 0.5) is 4.79 Å². The highest BCUT2D eigenvalue weighted by molar-refractivity contribution is 5.94. The average Bonchev–Trinajstić information content (AvgIpc) is 2.99. The van der Waals surface area contributed by atoms with E-state index in [9.17, 15) is 19.2 Å². The summed E-state index contributed by atoms with van der Waals surface area (Å²) in [7, 11) is 0. The molecule has 0 aliphatic carbocycles. The Kier molecular flexibility index (Phi) is 4.95. The molecule has 1 aliphatic rings. The standard InChI is InChI=1S/C14H17N5O4/c1-2-5-16-13(22)17-11(20)8-19-12(21)9(7-15)10-4-3-6-18(10)14(19)23/h2-6,8H2,1H3,(H2,16,17,20,22). The minimum absolute atomic E-state index is 0.120. The molecule has 0 unspecified atom stereocenters. The van der Waals surface area contributed by atoms with Crippen molar-refractivity contribution < 1.29 is 9.59 Å². The Bertz CT molecular complexity index is 799. The van der Waals surface area contributed by atoms with Crippen molar-refractivity contribution in [1.82, 2.24) is 19.8 Å². The Hall–Kier alpha value is -2.89. The van der Waals surface area contributed by atoms with Gasteiger partial charge < -0.3 is 5.32 Å². The molecule has 23 heavy (non-hydrogen) atoms. The predicted octanol–water partition coefficient (Wildman–Crippen LogP) is -0.936. The molecule has 0 spiro atoms. The van der Waals surface area contributed by atoms with Gasteiger partial charge in [-0.25, -0.2) is 14.2 Å². The number of urea groups is 1. The van der Waals surface area contributed by atoms with E-state index in [1.165, 1.54) is 4.57 Å². The molecule has 0 aromatic carbocycles. The first-order chi connectivity index (χ1) is 11.0. The Labute approximate surface area is 131 Å². The van der Waals surface area contributed by atoms with Gasteiger partial charge in [-0.15, -0.1) is 0 Å². The number of hydrogen-bond acceptors (Lipinski definition) is 5. The number of hydrogen-bond donors (Lipinski definition) is 2. The fourth-order valence-electron chi connectivity index (χ4n) is 2.48. The highest BCUT2D eigenvalue weighted by Gasteiger charge is 2.23. The zero-order chi connectivity index (χ0) is 17.0. The number of fused-ring (bicyclic) bond motifs is 1. The summed E-state index contributed by atoms with van der Waals surface area (Å²) in [6.45, 7) is 2.06. The Morgan fingerprint density at radius 3 is 2.74 bits per heavy atom. The Balaban J connectivity index is 2.26. The molecule has 0 radical (unpaired) electrons. The lowest BCUT2D eigenvalue weighted by molar-refractivity contribution is -0.120. The minimum Gasteiger partial charge on any atom is -0.338 e. The van der Waals surface area contributed by atoms with Gasteiger partial charge in [-0.1, -0.05) is 6.92 Å². The summed E-state index contributed by atoms with van der Waals surface area (Å²) in [4.78, 5) is 47.7. The molecule has 2 heterocycles. The van der Waals surface area contributed by atoms with Crippen LogP contribution in [0.15, 0.2) is 9.59 Å². The zero-order valence-corrected chi connectivity index (χ0v) is 12.7. The smallest absolute Gasteiger partial charge is 0.331 e. The van der Waals surface area contributed by atoms with Crippen LogP contribution in [-0.2, 0) is 24.3 Å². The van der Waals surface area contributed by atoms with Crippen molar-refractivity contribution in [2.45, 2.75) is 39.3 Å². The van der Waals surface area contributed by atoms with Gasteiger partial charge in [0.1, 0.15) is 18.2 Å². The lowest BCUT2D eigenvalue weighted by Gasteiger charge is -2.11. The highest BCUT2D eigenvalue weighted by atomic mass is 16.2. The van der Waals surface area contributed by atoms with Crippen LogP contribution in [0.5, 0.6) is 0 Å². The van der Waals surface area contributed by atoms with Crippen LogP contribution in [0.25, 0.3) is 0 Å². The number of nitrogens with zero attached hydrogens (tertiary/aromatic N) is 3. The molecule has 9 nitrogen and oxygen atoms in total. The van der Waals surface area contributed by atoms with Crippen molar-refractivity contribution in [1.29, 1.82) is 5.26 Å². The molecule has 2 rings (SSSR count). The molecular formula is C14H17N5O4. The van der Waals surface area contributed by atoms with E-state index in [0.29, 0.717) is 42.6 Å². The average molecular weight is 319 g/mol. The van der Waals surface area contributed by atoms with Crippen molar-refractivity contribution in [2.75, 3.05) is 6.54 Å². The van der Waals surface area contributed by atoms with Gasteiger partial charge in [0.25, 0.3) is 5.56 Å². The molecule has 9 heteroatoms. The third-order valence-corrected chi connectivity index (χ3v) is 3.53. The number of rotatable bonds is 4. The molecule has 0 saturated carbocycles. The SMILES string of the molecule is CCCNC(=O)NC(=O)Cn1c(=O)c(C#N)c2n(c1=O)CCC2. The summed E-state index contributed by atoms with van der Waals surface area (Å²) >= 11 is 0. The van der Waals surface area contributed by atoms with E-state index in [-0.39, 0.29) is 5.56 Å². The third kappa shape index (κ3) is 3.31. The summed E-state index contributed by atoms with van der Waals surface area (Å²) in [5.41, 5.74) is -1.13. The van der Waals surface area contributed by atoms with Gasteiger partial charge in [0.2, 0.25) is 5.91 Å². The predicted molar refractivity (Wildman–Crippen MR) is 79.8 cm³/mol. The second kappa shape index (κ2) is 6.91. The van der Waals surface area contributed by atoms with Crippen molar-refractivity contribution >= 4 is 11.9 Å². The van der Waals surface area contributed by atoms with Crippen LogP contribution in [0.3, 0.4) is 0 Å². The van der Waals surface area contributed by atoms with Gasteiger partial charge >= 0.3 is 11.7 Å². The number of carbonyl (C=O) groups excluding carboxylic acids is 2. The number of aromatic nitrogens is 2. The molecule has 1 aliphatic heterocycles. The van der Waals surface area contributed by atoms with E-state index < -0.39 is 29.7 Å². The normalized spacial score (nSPS) is 12.3. The van der Waals surface area contributed by atoms with Crippen LogP contribution in [-0.4, -0.2) is 27.6 Å². The second-order valence-electron chi connectivity index (χ2n) is 5.17. The van der Waals surface area contributed by atoms with E-state index in [1.54, 1.807) is 6.07 Å². The maximum Gasteiger partial charge on any atom is 0.331 e. The van der Waals surface area contributed by atoms with E-state index in [0.717, 1.165) is 0 Å².